The van der Waals surface area contributed by atoms with Gasteiger partial charge in [0.1, 0.15) is 5.76 Å². The number of aromatic nitrogens is 1. The van der Waals surface area contributed by atoms with E-state index in [1.54, 1.807) is 18.3 Å². The van der Waals surface area contributed by atoms with E-state index in [2.05, 4.69) is 4.37 Å². The molecule has 0 N–H and O–H groups in total. The molecule has 0 aliphatic carbocycles. The largest absolute Gasteiger partial charge is 0.458 e. The first-order chi connectivity index (χ1) is 6.75. The third-order valence-corrected chi connectivity index (χ3v) is 2.58. The third-order valence-electron chi connectivity index (χ3n) is 1.84. The highest BCUT2D eigenvalue weighted by Gasteiger charge is 2.11. The maximum absolute atomic E-state index is 11.6. The molecule has 72 valence electrons. The summed E-state index contributed by atoms with van der Waals surface area (Å²) in [4.78, 5) is 12.6. The molecule has 0 bridgehead atoms. The fraction of sp³-hybridized carbons (Fsp3) is 0.200. The Morgan fingerprint density at radius 3 is 2.93 bits per heavy atom. The molecule has 2 heterocycles. The molecule has 0 radical (unpaired) electrons. The number of carbonyl (C=O) groups excluding carboxylic acids is 1. The molecule has 2 rings (SSSR count). The van der Waals surface area contributed by atoms with Crippen molar-refractivity contribution in [1.82, 2.24) is 4.37 Å². The second-order valence-electron chi connectivity index (χ2n) is 2.99. The highest BCUT2D eigenvalue weighted by atomic mass is 32.1. The van der Waals surface area contributed by atoms with Gasteiger partial charge in [-0.05, 0) is 36.7 Å². The molecule has 0 aromatic carbocycles. The summed E-state index contributed by atoms with van der Waals surface area (Å²) >= 11 is 1.34. The van der Waals surface area contributed by atoms with E-state index in [1.807, 2.05) is 13.0 Å². The first-order valence-corrected chi connectivity index (χ1v) is 5.02. The topological polar surface area (TPSA) is 43.1 Å². The Kier molecular flexibility index (Phi) is 2.45. The number of furan rings is 1. The molecule has 14 heavy (non-hydrogen) atoms. The lowest BCUT2D eigenvalue weighted by Gasteiger charge is -1.92. The Balaban J connectivity index is 2.10. The average molecular weight is 207 g/mol. The van der Waals surface area contributed by atoms with Crippen LogP contribution in [0.3, 0.4) is 0 Å². The van der Waals surface area contributed by atoms with Crippen molar-refractivity contribution in [3.8, 4) is 0 Å². The highest BCUT2D eigenvalue weighted by molar-refractivity contribution is 7.05. The maximum Gasteiger partial charge on any atom is 0.203 e. The van der Waals surface area contributed by atoms with Gasteiger partial charge in [0.15, 0.2) is 5.76 Å². The number of hydrogen-bond donors (Lipinski definition) is 0. The number of hydrogen-bond acceptors (Lipinski definition) is 4. The summed E-state index contributed by atoms with van der Waals surface area (Å²) in [6.07, 6.45) is 2.07. The van der Waals surface area contributed by atoms with E-state index in [0.717, 1.165) is 10.6 Å². The molecule has 0 aliphatic rings. The van der Waals surface area contributed by atoms with Gasteiger partial charge in [0, 0.05) is 11.1 Å². The van der Waals surface area contributed by atoms with Crippen LogP contribution in [0.4, 0.5) is 0 Å². The number of ketones is 1. The van der Waals surface area contributed by atoms with Gasteiger partial charge in [-0.2, -0.15) is 0 Å². The van der Waals surface area contributed by atoms with Gasteiger partial charge in [-0.1, -0.05) is 0 Å². The van der Waals surface area contributed by atoms with Crippen LogP contribution in [0, 0.1) is 6.92 Å². The third kappa shape index (κ3) is 1.90. The van der Waals surface area contributed by atoms with Gasteiger partial charge in [0.2, 0.25) is 5.78 Å². The van der Waals surface area contributed by atoms with Crippen molar-refractivity contribution in [2.75, 3.05) is 0 Å². The van der Waals surface area contributed by atoms with Crippen LogP contribution >= 0.6 is 11.5 Å². The lowest BCUT2D eigenvalue weighted by atomic mass is 10.2. The van der Waals surface area contributed by atoms with Crippen molar-refractivity contribution in [2.45, 2.75) is 13.3 Å². The first kappa shape index (κ1) is 9.15. The lowest BCUT2D eigenvalue weighted by molar-refractivity contribution is 0.0966. The average Bonchev–Trinajstić information content (AvgIpc) is 2.75. The second-order valence-corrected chi connectivity index (χ2v) is 3.91. The monoisotopic (exact) mass is 207 g/mol. The van der Waals surface area contributed by atoms with Gasteiger partial charge in [-0.3, -0.25) is 4.79 Å². The summed E-state index contributed by atoms with van der Waals surface area (Å²) in [6.45, 7) is 1.82. The van der Waals surface area contributed by atoms with Gasteiger partial charge in [0.25, 0.3) is 0 Å². The van der Waals surface area contributed by atoms with Crippen LogP contribution in [-0.2, 0) is 6.42 Å². The second kappa shape index (κ2) is 3.75. The fourth-order valence-electron chi connectivity index (χ4n) is 1.16. The zero-order valence-corrected chi connectivity index (χ0v) is 8.50. The summed E-state index contributed by atoms with van der Waals surface area (Å²) in [5, 5.41) is 0. The maximum atomic E-state index is 11.6. The van der Waals surface area contributed by atoms with E-state index < -0.39 is 0 Å². The van der Waals surface area contributed by atoms with Gasteiger partial charge < -0.3 is 4.42 Å². The molecule has 0 unspecified atom stereocenters. The van der Waals surface area contributed by atoms with Gasteiger partial charge in [-0.25, -0.2) is 4.37 Å². The lowest BCUT2D eigenvalue weighted by Crippen LogP contribution is -2.00. The molecule has 0 atom stereocenters. The molecule has 2 aromatic rings. The number of rotatable bonds is 3. The van der Waals surface area contributed by atoms with Gasteiger partial charge >= 0.3 is 0 Å². The van der Waals surface area contributed by atoms with Crippen molar-refractivity contribution < 1.29 is 9.21 Å². The van der Waals surface area contributed by atoms with E-state index in [0.29, 0.717) is 12.2 Å². The summed E-state index contributed by atoms with van der Waals surface area (Å²) in [5.74, 6) is 1.19. The molecule has 0 spiro atoms. The molecular weight excluding hydrogens is 198 g/mol. The predicted octanol–water partition coefficient (Wildman–Crippen LogP) is 2.47. The molecule has 0 saturated heterocycles. The van der Waals surface area contributed by atoms with E-state index in [1.165, 1.54) is 11.5 Å². The van der Waals surface area contributed by atoms with Crippen LogP contribution < -0.4 is 0 Å². The van der Waals surface area contributed by atoms with Crippen LogP contribution in [0.5, 0.6) is 0 Å². The van der Waals surface area contributed by atoms with Crippen LogP contribution in [-0.4, -0.2) is 10.2 Å². The zero-order valence-electron chi connectivity index (χ0n) is 7.69. The molecule has 0 amide bonds. The van der Waals surface area contributed by atoms with Crippen LogP contribution in [0.1, 0.15) is 21.2 Å². The minimum Gasteiger partial charge on any atom is -0.458 e. The summed E-state index contributed by atoms with van der Waals surface area (Å²) < 4.78 is 9.16. The van der Waals surface area contributed by atoms with Gasteiger partial charge in [0.05, 0.1) is 6.42 Å². The highest BCUT2D eigenvalue weighted by Crippen LogP contribution is 2.12. The predicted molar refractivity (Wildman–Crippen MR) is 53.6 cm³/mol. The Hall–Kier alpha value is -1.42. The number of aryl methyl sites for hydroxylation is 1. The zero-order chi connectivity index (χ0) is 9.97. The van der Waals surface area contributed by atoms with Crippen molar-refractivity contribution in [2.24, 2.45) is 0 Å². The Morgan fingerprint density at radius 1 is 1.50 bits per heavy atom. The van der Waals surface area contributed by atoms with Crippen molar-refractivity contribution in [3.63, 3.8) is 0 Å². The summed E-state index contributed by atoms with van der Waals surface area (Å²) in [7, 11) is 0. The molecule has 3 nitrogen and oxygen atoms in total. The number of nitrogens with zero attached hydrogens (tertiary/aromatic N) is 1. The molecule has 4 heteroatoms. The Labute approximate surface area is 85.5 Å². The molecule has 0 saturated carbocycles. The van der Waals surface area contributed by atoms with Crippen LogP contribution in [0.2, 0.25) is 0 Å². The summed E-state index contributed by atoms with van der Waals surface area (Å²) in [6, 6.07) is 5.34. The van der Waals surface area contributed by atoms with Crippen molar-refractivity contribution in [3.05, 3.63) is 40.8 Å². The van der Waals surface area contributed by atoms with Crippen LogP contribution in [0.25, 0.3) is 0 Å². The van der Waals surface area contributed by atoms with Crippen LogP contribution in [0.15, 0.2) is 28.8 Å². The van der Waals surface area contributed by atoms with Crippen molar-refractivity contribution in [1.29, 1.82) is 0 Å². The van der Waals surface area contributed by atoms with Gasteiger partial charge in [-0.15, -0.1) is 0 Å². The van der Waals surface area contributed by atoms with E-state index >= 15 is 0 Å². The SMILES string of the molecule is Cc1ccc(C(=O)Cc2ccns2)o1. The van der Waals surface area contributed by atoms with Crippen molar-refractivity contribution >= 4 is 17.3 Å². The fourth-order valence-corrected chi connectivity index (χ4v) is 1.74. The Bertz CT molecular complexity index is 431. The first-order valence-electron chi connectivity index (χ1n) is 4.25. The van der Waals surface area contributed by atoms with E-state index in [4.69, 9.17) is 4.42 Å². The quantitative estimate of drug-likeness (QED) is 0.726. The minimum absolute atomic E-state index is 0.00218. The van der Waals surface area contributed by atoms with E-state index in [9.17, 15) is 4.79 Å². The minimum atomic E-state index is 0.00218. The smallest absolute Gasteiger partial charge is 0.203 e. The standard InChI is InChI=1S/C10H9NO2S/c1-7-2-3-10(13-7)9(12)6-8-4-5-11-14-8/h2-5H,6H2,1H3. The number of Topliss-reactive ketones (excluding diaryl/α,β-unsaturated/α-hetero) is 1. The summed E-state index contributed by atoms with van der Waals surface area (Å²) in [5.41, 5.74) is 0. The molecule has 2 aromatic heterocycles. The normalized spacial score (nSPS) is 10.4. The molecule has 0 fully saturated rings. The number of carbonyl (C=O) groups is 1. The molecule has 0 aliphatic heterocycles. The molecular formula is C10H9NO2S. The van der Waals surface area contributed by atoms with E-state index in [-0.39, 0.29) is 5.78 Å². The Morgan fingerprint density at radius 2 is 2.36 bits per heavy atom.